The van der Waals surface area contributed by atoms with Crippen molar-refractivity contribution < 1.29 is 22.3 Å². The zero-order chi connectivity index (χ0) is 23.2. The lowest BCUT2D eigenvalue weighted by molar-refractivity contribution is 0.104. The van der Waals surface area contributed by atoms with Crippen LogP contribution in [0.5, 0.6) is 0 Å². The van der Waals surface area contributed by atoms with Crippen LogP contribution < -0.4 is 10.6 Å². The average molecular weight is 471 g/mol. The van der Waals surface area contributed by atoms with Crippen molar-refractivity contribution in [1.82, 2.24) is 0 Å². The van der Waals surface area contributed by atoms with Crippen molar-refractivity contribution in [3.63, 3.8) is 0 Å². The van der Waals surface area contributed by atoms with Crippen LogP contribution in [0.25, 0.3) is 0 Å². The third-order valence-electron chi connectivity index (χ3n) is 5.26. The lowest BCUT2D eigenvalue weighted by atomic mass is 10.2. The molecule has 5 nitrogen and oxygen atoms in total. The van der Waals surface area contributed by atoms with E-state index in [9.17, 15) is 18.1 Å². The maximum atomic E-state index is 14.4. The number of benzene rings is 3. The predicted octanol–water partition coefficient (Wildman–Crippen LogP) is 4.02. The summed E-state index contributed by atoms with van der Waals surface area (Å²) in [6.45, 7) is 5.27. The first kappa shape index (κ1) is 24.1. The fourth-order valence-corrected chi connectivity index (χ4v) is 7.58. The van der Waals surface area contributed by atoms with Crippen LogP contribution in [-0.2, 0) is 18.9 Å². The van der Waals surface area contributed by atoms with Gasteiger partial charge in [-0.15, -0.1) is 6.58 Å². The second-order valence-corrected chi connectivity index (χ2v) is 12.2. The van der Waals surface area contributed by atoms with E-state index in [1.54, 1.807) is 42.5 Å². The van der Waals surface area contributed by atoms with Gasteiger partial charge in [0.15, 0.2) is 0 Å². The molecule has 0 aliphatic carbocycles. The van der Waals surface area contributed by atoms with Gasteiger partial charge in [-0.25, -0.2) is 0 Å². The van der Waals surface area contributed by atoms with Gasteiger partial charge in [0.05, 0.1) is 17.6 Å². The molecule has 1 N–H and O–H groups in total. The summed E-state index contributed by atoms with van der Waals surface area (Å²) in [4.78, 5) is 0.0230. The van der Waals surface area contributed by atoms with Crippen molar-refractivity contribution in [3.05, 3.63) is 103 Å². The lowest BCUT2D eigenvalue weighted by Gasteiger charge is -2.28. The first-order chi connectivity index (χ1) is 15.3. The highest BCUT2D eigenvalue weighted by atomic mass is 32.2. The first-order valence-electron chi connectivity index (χ1n) is 10.2. The van der Waals surface area contributed by atoms with E-state index in [2.05, 4.69) is 6.58 Å². The van der Waals surface area contributed by atoms with E-state index in [1.807, 2.05) is 43.3 Å². The highest BCUT2D eigenvalue weighted by molar-refractivity contribution is 7.86. The molecule has 0 aromatic heterocycles. The molecule has 0 radical (unpaired) electrons. The predicted molar refractivity (Wildman–Crippen MR) is 129 cm³/mol. The SMILES string of the molecule is C=CC(C[C@@H](O)COS(=O)(=O)c1ccc(C)cc1)P(=O)(c1ccccc1)c1ccccc1. The molecule has 0 saturated carbocycles. The molecule has 0 saturated heterocycles. The molecule has 7 heteroatoms. The van der Waals surface area contributed by atoms with Crippen LogP contribution in [0.15, 0.2) is 102 Å². The van der Waals surface area contributed by atoms with Crippen molar-refractivity contribution in [3.8, 4) is 0 Å². The van der Waals surface area contributed by atoms with E-state index >= 15 is 0 Å². The third-order valence-corrected chi connectivity index (χ3v) is 10.0. The Morgan fingerprint density at radius 1 is 0.938 bits per heavy atom. The average Bonchev–Trinajstić information content (AvgIpc) is 2.82. The van der Waals surface area contributed by atoms with Crippen LogP contribution in [0.1, 0.15) is 12.0 Å². The molecule has 2 atom stereocenters. The maximum Gasteiger partial charge on any atom is 0.297 e. The van der Waals surface area contributed by atoms with E-state index in [4.69, 9.17) is 4.18 Å². The molecule has 0 fully saturated rings. The highest BCUT2D eigenvalue weighted by Gasteiger charge is 2.36. The molecule has 0 heterocycles. The normalized spacial score (nSPS) is 13.9. The summed E-state index contributed by atoms with van der Waals surface area (Å²) in [5.74, 6) is 0. The molecule has 0 aliphatic rings. The van der Waals surface area contributed by atoms with Gasteiger partial charge in [0.1, 0.15) is 7.14 Å². The molecular formula is C25H27O5PS. The van der Waals surface area contributed by atoms with Gasteiger partial charge >= 0.3 is 0 Å². The van der Waals surface area contributed by atoms with Crippen molar-refractivity contribution in [2.24, 2.45) is 0 Å². The van der Waals surface area contributed by atoms with Gasteiger partial charge in [-0.2, -0.15) is 8.42 Å². The van der Waals surface area contributed by atoms with Crippen molar-refractivity contribution in [1.29, 1.82) is 0 Å². The minimum Gasteiger partial charge on any atom is -0.391 e. The Labute approximate surface area is 189 Å². The minimum atomic E-state index is -4.01. The number of allylic oxidation sites excluding steroid dienone is 1. The fourth-order valence-electron chi connectivity index (χ4n) is 3.51. The summed E-state index contributed by atoms with van der Waals surface area (Å²) in [6, 6.07) is 24.4. The van der Waals surface area contributed by atoms with Crippen LogP contribution in [0, 0.1) is 6.92 Å². The Hall–Kier alpha value is -2.50. The standard InChI is InChI=1S/C25H27O5PS/c1-3-22(18-21(26)19-30-32(28,29)25-16-14-20(2)15-17-25)31(27,23-10-6-4-7-11-23)24-12-8-5-9-13-24/h3-17,21-22,26H,1,18-19H2,2H3/t21-,22?/m1/s1. The molecule has 3 aromatic rings. The van der Waals surface area contributed by atoms with Gasteiger partial charge < -0.3 is 9.67 Å². The summed E-state index contributed by atoms with van der Waals surface area (Å²) >= 11 is 0. The van der Waals surface area contributed by atoms with Crippen molar-refractivity contribution in [2.75, 3.05) is 6.61 Å². The van der Waals surface area contributed by atoms with E-state index in [0.29, 0.717) is 10.6 Å². The molecule has 32 heavy (non-hydrogen) atoms. The molecule has 168 valence electrons. The topological polar surface area (TPSA) is 80.7 Å². The molecular weight excluding hydrogens is 443 g/mol. The second-order valence-electron chi connectivity index (χ2n) is 7.57. The zero-order valence-electron chi connectivity index (χ0n) is 17.9. The van der Waals surface area contributed by atoms with Crippen molar-refractivity contribution >= 4 is 27.9 Å². The summed E-state index contributed by atoms with van der Waals surface area (Å²) in [6.07, 6.45) is 0.450. The summed E-state index contributed by atoms with van der Waals surface area (Å²) < 4.78 is 44.4. The Morgan fingerprint density at radius 2 is 1.44 bits per heavy atom. The van der Waals surface area contributed by atoms with E-state index < -0.39 is 35.6 Å². The van der Waals surface area contributed by atoms with Gasteiger partial charge in [0.2, 0.25) is 0 Å². The number of aryl methyl sites for hydroxylation is 1. The van der Waals surface area contributed by atoms with Crippen LogP contribution >= 0.6 is 7.14 Å². The maximum absolute atomic E-state index is 14.4. The smallest absolute Gasteiger partial charge is 0.297 e. The number of rotatable bonds is 10. The molecule has 3 rings (SSSR count). The first-order valence-corrected chi connectivity index (χ1v) is 13.4. The largest absolute Gasteiger partial charge is 0.391 e. The second kappa shape index (κ2) is 10.4. The highest BCUT2D eigenvalue weighted by Crippen LogP contribution is 2.50. The van der Waals surface area contributed by atoms with Gasteiger partial charge in [0.25, 0.3) is 10.1 Å². The van der Waals surface area contributed by atoms with Crippen LogP contribution in [0.4, 0.5) is 0 Å². The molecule has 1 unspecified atom stereocenters. The Morgan fingerprint density at radius 3 is 1.91 bits per heavy atom. The molecule has 0 amide bonds. The minimum absolute atomic E-state index is 0.0230. The fraction of sp³-hybridized carbons (Fsp3) is 0.200. The Bertz CT molecular complexity index is 1130. The zero-order valence-corrected chi connectivity index (χ0v) is 19.6. The molecule has 0 spiro atoms. The van der Waals surface area contributed by atoms with Gasteiger partial charge in [-0.05, 0) is 25.5 Å². The van der Waals surface area contributed by atoms with E-state index in [-0.39, 0.29) is 11.3 Å². The molecule has 0 bridgehead atoms. The van der Waals surface area contributed by atoms with Crippen LogP contribution in [-0.4, -0.2) is 31.9 Å². The summed E-state index contributed by atoms with van der Waals surface area (Å²) in [7, 11) is -7.21. The number of hydrogen-bond donors (Lipinski definition) is 1. The number of hydrogen-bond acceptors (Lipinski definition) is 5. The van der Waals surface area contributed by atoms with Crippen LogP contribution in [0.2, 0.25) is 0 Å². The van der Waals surface area contributed by atoms with Gasteiger partial charge in [-0.1, -0.05) is 84.4 Å². The van der Waals surface area contributed by atoms with Crippen molar-refractivity contribution in [2.45, 2.75) is 30.0 Å². The quantitative estimate of drug-likeness (QED) is 0.275. The van der Waals surface area contributed by atoms with Crippen LogP contribution in [0.3, 0.4) is 0 Å². The van der Waals surface area contributed by atoms with E-state index in [1.165, 1.54) is 12.1 Å². The lowest BCUT2D eigenvalue weighted by Crippen LogP contribution is -2.30. The van der Waals surface area contributed by atoms with Gasteiger partial charge in [-0.3, -0.25) is 4.18 Å². The van der Waals surface area contributed by atoms with Gasteiger partial charge in [0, 0.05) is 16.3 Å². The summed E-state index contributed by atoms with van der Waals surface area (Å²) in [5, 5.41) is 11.9. The summed E-state index contributed by atoms with van der Waals surface area (Å²) in [5.41, 5.74) is 0.323. The Balaban J connectivity index is 1.81. The number of aliphatic hydroxyl groups excluding tert-OH is 1. The Kier molecular flexibility index (Phi) is 7.86. The third kappa shape index (κ3) is 5.45. The van der Waals surface area contributed by atoms with E-state index in [0.717, 1.165) is 5.56 Å². The number of aliphatic hydroxyl groups is 1. The molecule has 0 aliphatic heterocycles. The monoisotopic (exact) mass is 470 g/mol. The molecule has 3 aromatic carbocycles.